The quantitative estimate of drug-likeness (QED) is 0.765. The summed E-state index contributed by atoms with van der Waals surface area (Å²) in [5.74, 6) is 0.761. The molecule has 0 unspecified atom stereocenters. The van der Waals surface area contributed by atoms with Gasteiger partial charge >= 0.3 is 0 Å². The van der Waals surface area contributed by atoms with Crippen LogP contribution in [0.4, 0.5) is 0 Å². The standard InChI is InChI=1S/C15H24N2O/c1-4-16-7-5-14(6-8-16)10-17-12(2)9-15(11-18)13(17)3/h9,11,14H,4-8,10H2,1-3H3. The summed E-state index contributed by atoms with van der Waals surface area (Å²) in [5.41, 5.74) is 3.19. The molecule has 0 radical (unpaired) electrons. The van der Waals surface area contributed by atoms with Crippen molar-refractivity contribution in [1.82, 2.24) is 9.47 Å². The second-order valence-corrected chi connectivity index (χ2v) is 5.43. The molecule has 0 saturated carbocycles. The molecule has 3 nitrogen and oxygen atoms in total. The molecule has 18 heavy (non-hydrogen) atoms. The van der Waals surface area contributed by atoms with E-state index in [9.17, 15) is 4.79 Å². The number of carbonyl (C=O) groups excluding carboxylic acids is 1. The molecular weight excluding hydrogens is 224 g/mol. The van der Waals surface area contributed by atoms with E-state index in [4.69, 9.17) is 0 Å². The number of piperidine rings is 1. The molecule has 0 bridgehead atoms. The fourth-order valence-electron chi connectivity index (χ4n) is 2.97. The fourth-order valence-corrected chi connectivity index (χ4v) is 2.97. The third kappa shape index (κ3) is 2.66. The molecule has 0 atom stereocenters. The molecule has 100 valence electrons. The van der Waals surface area contributed by atoms with Crippen LogP contribution in [-0.2, 0) is 6.54 Å². The van der Waals surface area contributed by atoms with Crippen LogP contribution >= 0.6 is 0 Å². The Morgan fingerprint density at radius 1 is 1.33 bits per heavy atom. The van der Waals surface area contributed by atoms with Crippen LogP contribution in [-0.4, -0.2) is 35.4 Å². The number of likely N-dealkylation sites (tertiary alicyclic amines) is 1. The second kappa shape index (κ2) is 5.70. The maximum absolute atomic E-state index is 10.9. The zero-order chi connectivity index (χ0) is 13.1. The zero-order valence-electron chi connectivity index (χ0n) is 11.8. The maximum Gasteiger partial charge on any atom is 0.151 e. The summed E-state index contributed by atoms with van der Waals surface area (Å²) >= 11 is 0. The topological polar surface area (TPSA) is 25.2 Å². The van der Waals surface area contributed by atoms with Crippen molar-refractivity contribution in [2.45, 2.75) is 40.2 Å². The van der Waals surface area contributed by atoms with Crippen molar-refractivity contribution in [3.63, 3.8) is 0 Å². The molecule has 1 aromatic rings. The molecule has 0 spiro atoms. The van der Waals surface area contributed by atoms with Gasteiger partial charge in [0, 0.05) is 23.5 Å². The molecule has 1 aliphatic heterocycles. The minimum Gasteiger partial charge on any atom is -0.348 e. The lowest BCUT2D eigenvalue weighted by molar-refractivity contribution is 0.112. The van der Waals surface area contributed by atoms with Gasteiger partial charge in [0.1, 0.15) is 0 Å². The van der Waals surface area contributed by atoms with Gasteiger partial charge in [-0.25, -0.2) is 0 Å². The Kier molecular flexibility index (Phi) is 4.23. The average molecular weight is 248 g/mol. The van der Waals surface area contributed by atoms with E-state index in [1.807, 2.05) is 6.07 Å². The maximum atomic E-state index is 10.9. The highest BCUT2D eigenvalue weighted by molar-refractivity contribution is 5.77. The summed E-state index contributed by atoms with van der Waals surface area (Å²) in [6.07, 6.45) is 3.53. The lowest BCUT2D eigenvalue weighted by atomic mass is 9.96. The molecule has 0 aromatic carbocycles. The van der Waals surface area contributed by atoms with E-state index < -0.39 is 0 Å². The first-order valence-electron chi connectivity index (χ1n) is 7.00. The number of hydrogen-bond donors (Lipinski definition) is 0. The van der Waals surface area contributed by atoms with E-state index in [0.717, 1.165) is 30.0 Å². The largest absolute Gasteiger partial charge is 0.348 e. The Bertz CT molecular complexity index is 414. The van der Waals surface area contributed by atoms with E-state index in [0.29, 0.717) is 0 Å². The molecule has 1 fully saturated rings. The molecule has 0 amide bonds. The monoisotopic (exact) mass is 248 g/mol. The van der Waals surface area contributed by atoms with E-state index in [2.05, 4.69) is 30.2 Å². The van der Waals surface area contributed by atoms with Gasteiger partial charge in [-0.3, -0.25) is 4.79 Å². The van der Waals surface area contributed by atoms with Gasteiger partial charge in [0.05, 0.1) is 0 Å². The number of nitrogens with zero attached hydrogens (tertiary/aromatic N) is 2. The molecule has 2 heterocycles. The summed E-state index contributed by atoms with van der Waals surface area (Å²) < 4.78 is 2.32. The number of aromatic nitrogens is 1. The lowest BCUT2D eigenvalue weighted by Gasteiger charge is -2.31. The molecule has 0 aliphatic carbocycles. The smallest absolute Gasteiger partial charge is 0.151 e. The summed E-state index contributed by atoms with van der Waals surface area (Å²) in [6, 6.07) is 2.00. The predicted octanol–water partition coefficient (Wildman–Crippen LogP) is 2.65. The van der Waals surface area contributed by atoms with Gasteiger partial charge in [-0.1, -0.05) is 6.92 Å². The van der Waals surface area contributed by atoms with Crippen LogP contribution in [0.2, 0.25) is 0 Å². The van der Waals surface area contributed by atoms with Crippen molar-refractivity contribution >= 4 is 6.29 Å². The van der Waals surface area contributed by atoms with Crippen LogP contribution in [0.15, 0.2) is 6.07 Å². The Labute approximate surface area is 110 Å². The molecule has 0 N–H and O–H groups in total. The number of hydrogen-bond acceptors (Lipinski definition) is 2. The second-order valence-electron chi connectivity index (χ2n) is 5.43. The third-order valence-corrected chi connectivity index (χ3v) is 4.33. The van der Waals surface area contributed by atoms with Crippen LogP contribution in [0.25, 0.3) is 0 Å². The Balaban J connectivity index is 2.02. The van der Waals surface area contributed by atoms with E-state index in [1.165, 1.54) is 38.2 Å². The normalized spacial score (nSPS) is 18.2. The summed E-state index contributed by atoms with van der Waals surface area (Å²) in [5, 5.41) is 0. The zero-order valence-corrected chi connectivity index (χ0v) is 11.8. The highest BCUT2D eigenvalue weighted by Crippen LogP contribution is 2.22. The average Bonchev–Trinajstić information content (AvgIpc) is 2.67. The first-order valence-corrected chi connectivity index (χ1v) is 7.00. The Hall–Kier alpha value is -1.09. The minimum absolute atomic E-state index is 0.761. The molecule has 1 saturated heterocycles. The van der Waals surface area contributed by atoms with Crippen LogP contribution in [0.5, 0.6) is 0 Å². The van der Waals surface area contributed by atoms with E-state index in [1.54, 1.807) is 0 Å². The van der Waals surface area contributed by atoms with Crippen molar-refractivity contribution in [3.8, 4) is 0 Å². The summed E-state index contributed by atoms with van der Waals surface area (Å²) in [4.78, 5) is 13.5. The van der Waals surface area contributed by atoms with Crippen molar-refractivity contribution in [1.29, 1.82) is 0 Å². The van der Waals surface area contributed by atoms with Crippen LogP contribution in [0.3, 0.4) is 0 Å². The van der Waals surface area contributed by atoms with E-state index >= 15 is 0 Å². The van der Waals surface area contributed by atoms with Crippen molar-refractivity contribution < 1.29 is 4.79 Å². The number of aldehydes is 1. The van der Waals surface area contributed by atoms with E-state index in [-0.39, 0.29) is 0 Å². The minimum atomic E-state index is 0.761. The SMILES string of the molecule is CCN1CCC(Cn2c(C)cc(C=O)c2C)CC1. The summed E-state index contributed by atoms with van der Waals surface area (Å²) in [7, 11) is 0. The van der Waals surface area contributed by atoms with Crippen LogP contribution in [0.1, 0.15) is 41.5 Å². The molecule has 1 aromatic heterocycles. The van der Waals surface area contributed by atoms with Gasteiger partial charge in [0.25, 0.3) is 0 Å². The van der Waals surface area contributed by atoms with Gasteiger partial charge in [-0.2, -0.15) is 0 Å². The first kappa shape index (κ1) is 13.3. The number of rotatable bonds is 4. The Morgan fingerprint density at radius 2 is 2.00 bits per heavy atom. The lowest BCUT2D eigenvalue weighted by Crippen LogP contribution is -2.34. The molecular formula is C15H24N2O. The predicted molar refractivity (Wildman–Crippen MR) is 74.1 cm³/mol. The Morgan fingerprint density at radius 3 is 2.50 bits per heavy atom. The van der Waals surface area contributed by atoms with Crippen LogP contribution in [0, 0.1) is 19.8 Å². The highest BCUT2D eigenvalue weighted by Gasteiger charge is 2.20. The fraction of sp³-hybridized carbons (Fsp3) is 0.667. The molecule has 1 aliphatic rings. The van der Waals surface area contributed by atoms with Gasteiger partial charge < -0.3 is 9.47 Å². The summed E-state index contributed by atoms with van der Waals surface area (Å²) in [6.45, 7) is 11.1. The van der Waals surface area contributed by atoms with Gasteiger partial charge in [0.15, 0.2) is 6.29 Å². The van der Waals surface area contributed by atoms with Gasteiger partial charge in [0.2, 0.25) is 0 Å². The van der Waals surface area contributed by atoms with Crippen molar-refractivity contribution in [2.24, 2.45) is 5.92 Å². The van der Waals surface area contributed by atoms with Crippen molar-refractivity contribution in [3.05, 3.63) is 23.0 Å². The molecule has 3 heteroatoms. The number of carbonyl (C=O) groups is 1. The van der Waals surface area contributed by atoms with Crippen LogP contribution < -0.4 is 0 Å². The third-order valence-electron chi connectivity index (χ3n) is 4.33. The van der Waals surface area contributed by atoms with Crippen molar-refractivity contribution in [2.75, 3.05) is 19.6 Å². The van der Waals surface area contributed by atoms with Gasteiger partial charge in [-0.05, 0) is 58.3 Å². The van der Waals surface area contributed by atoms with Gasteiger partial charge in [-0.15, -0.1) is 0 Å². The first-order chi connectivity index (χ1) is 8.65. The number of aryl methyl sites for hydroxylation is 1. The molecule has 2 rings (SSSR count). The highest BCUT2D eigenvalue weighted by atomic mass is 16.1.